The second-order valence-corrected chi connectivity index (χ2v) is 7.27. The standard InChI is InChI=1S/C20H17NO3S/c22-16-5-3-6-17(23)20(16)13-8-10-14(11-9-13)24-12-19-21-15-4-1-2-7-18(15)25-19/h1-2,4,7-11,20H,3,5-6,12H2. The number of para-hydroxylation sites is 1. The first-order valence-corrected chi connectivity index (χ1v) is 9.15. The minimum atomic E-state index is -0.591. The zero-order valence-electron chi connectivity index (χ0n) is 13.6. The summed E-state index contributed by atoms with van der Waals surface area (Å²) in [6, 6.07) is 15.3. The van der Waals surface area contributed by atoms with Gasteiger partial charge in [0.15, 0.2) is 0 Å². The average molecular weight is 351 g/mol. The third-order valence-corrected chi connectivity index (χ3v) is 5.41. The second-order valence-electron chi connectivity index (χ2n) is 6.15. The lowest BCUT2D eigenvalue weighted by atomic mass is 9.82. The van der Waals surface area contributed by atoms with E-state index in [4.69, 9.17) is 4.74 Å². The van der Waals surface area contributed by atoms with E-state index in [1.54, 1.807) is 11.3 Å². The van der Waals surface area contributed by atoms with Crippen LogP contribution >= 0.6 is 11.3 Å². The summed E-state index contributed by atoms with van der Waals surface area (Å²) in [5, 5.41) is 0.919. The molecule has 25 heavy (non-hydrogen) atoms. The summed E-state index contributed by atoms with van der Waals surface area (Å²) in [5.41, 5.74) is 1.75. The maximum Gasteiger partial charge on any atom is 0.147 e. The summed E-state index contributed by atoms with van der Waals surface area (Å²) in [7, 11) is 0. The van der Waals surface area contributed by atoms with Crippen LogP contribution in [0.5, 0.6) is 5.75 Å². The van der Waals surface area contributed by atoms with E-state index >= 15 is 0 Å². The molecule has 0 saturated heterocycles. The van der Waals surface area contributed by atoms with Crippen LogP contribution in [0.4, 0.5) is 0 Å². The van der Waals surface area contributed by atoms with E-state index in [2.05, 4.69) is 4.98 Å². The summed E-state index contributed by atoms with van der Waals surface area (Å²) >= 11 is 1.62. The van der Waals surface area contributed by atoms with Gasteiger partial charge in [0.2, 0.25) is 0 Å². The Balaban J connectivity index is 1.45. The van der Waals surface area contributed by atoms with E-state index in [1.807, 2.05) is 48.5 Å². The number of ketones is 2. The summed E-state index contributed by atoms with van der Waals surface area (Å²) in [6.07, 6.45) is 1.66. The number of carbonyl (C=O) groups is 2. The largest absolute Gasteiger partial charge is 0.486 e. The van der Waals surface area contributed by atoms with Crippen LogP contribution in [0.3, 0.4) is 0 Å². The van der Waals surface area contributed by atoms with Gasteiger partial charge in [-0.15, -0.1) is 11.3 Å². The molecule has 0 spiro atoms. The van der Waals surface area contributed by atoms with Gasteiger partial charge in [0, 0.05) is 12.8 Å². The number of carbonyl (C=O) groups excluding carboxylic acids is 2. The molecule has 0 N–H and O–H groups in total. The first kappa shape index (κ1) is 16.0. The van der Waals surface area contributed by atoms with Crippen molar-refractivity contribution in [2.75, 3.05) is 0 Å². The fourth-order valence-electron chi connectivity index (χ4n) is 3.16. The number of hydrogen-bond donors (Lipinski definition) is 0. The fraction of sp³-hybridized carbons (Fsp3) is 0.250. The van der Waals surface area contributed by atoms with Crippen molar-refractivity contribution in [3.8, 4) is 5.75 Å². The normalized spacial score (nSPS) is 15.7. The molecule has 0 atom stereocenters. The van der Waals surface area contributed by atoms with Crippen molar-refractivity contribution in [3.05, 3.63) is 59.1 Å². The van der Waals surface area contributed by atoms with Crippen molar-refractivity contribution in [2.24, 2.45) is 0 Å². The zero-order chi connectivity index (χ0) is 17.2. The molecule has 0 bridgehead atoms. The van der Waals surface area contributed by atoms with Crippen molar-refractivity contribution >= 4 is 33.1 Å². The molecule has 126 valence electrons. The smallest absolute Gasteiger partial charge is 0.147 e. The van der Waals surface area contributed by atoms with Gasteiger partial charge in [0.25, 0.3) is 0 Å². The fourth-order valence-corrected chi connectivity index (χ4v) is 4.04. The molecule has 1 saturated carbocycles. The lowest BCUT2D eigenvalue weighted by molar-refractivity contribution is -0.131. The van der Waals surface area contributed by atoms with Crippen LogP contribution in [0.25, 0.3) is 10.2 Å². The Kier molecular flexibility index (Phi) is 4.32. The van der Waals surface area contributed by atoms with Gasteiger partial charge in [0.05, 0.1) is 10.2 Å². The summed E-state index contributed by atoms with van der Waals surface area (Å²) in [5.74, 6) is 0.171. The zero-order valence-corrected chi connectivity index (χ0v) is 14.4. The predicted octanol–water partition coefficient (Wildman–Crippen LogP) is 4.28. The van der Waals surface area contributed by atoms with Crippen LogP contribution in [0, 0.1) is 0 Å². The van der Waals surface area contributed by atoms with Gasteiger partial charge in [-0.25, -0.2) is 4.98 Å². The topological polar surface area (TPSA) is 56.3 Å². The Hall–Kier alpha value is -2.53. The Morgan fingerprint density at radius 3 is 2.44 bits per heavy atom. The van der Waals surface area contributed by atoms with E-state index in [0.717, 1.165) is 20.8 Å². The van der Waals surface area contributed by atoms with Crippen LogP contribution in [0.2, 0.25) is 0 Å². The number of aromatic nitrogens is 1. The lowest BCUT2D eigenvalue weighted by Gasteiger charge is -2.19. The SMILES string of the molecule is O=C1CCCC(=O)C1c1ccc(OCc2nc3ccccc3s2)cc1. The molecule has 1 aromatic heterocycles. The molecule has 0 unspecified atom stereocenters. The Labute approximate surface area is 149 Å². The Morgan fingerprint density at radius 1 is 1.00 bits per heavy atom. The van der Waals surface area contributed by atoms with Gasteiger partial charge >= 0.3 is 0 Å². The number of thiazole rings is 1. The number of benzene rings is 2. The molecule has 1 heterocycles. The highest BCUT2D eigenvalue weighted by Gasteiger charge is 2.31. The van der Waals surface area contributed by atoms with E-state index in [1.165, 1.54) is 0 Å². The number of nitrogens with zero attached hydrogens (tertiary/aromatic N) is 1. The number of ether oxygens (including phenoxy) is 1. The van der Waals surface area contributed by atoms with Gasteiger partial charge in [-0.3, -0.25) is 9.59 Å². The van der Waals surface area contributed by atoms with Crippen LogP contribution in [0.1, 0.15) is 35.8 Å². The quantitative estimate of drug-likeness (QED) is 0.658. The first-order chi connectivity index (χ1) is 12.2. The van der Waals surface area contributed by atoms with Crippen LogP contribution in [-0.2, 0) is 16.2 Å². The Bertz CT molecular complexity index is 881. The number of fused-ring (bicyclic) bond motifs is 1. The molecular weight excluding hydrogens is 334 g/mol. The van der Waals surface area contributed by atoms with Gasteiger partial charge in [-0.1, -0.05) is 24.3 Å². The molecule has 0 radical (unpaired) electrons. The third kappa shape index (κ3) is 3.33. The maximum absolute atomic E-state index is 12.0. The lowest BCUT2D eigenvalue weighted by Crippen LogP contribution is -2.26. The maximum atomic E-state index is 12.0. The number of Topliss-reactive ketones (excluding diaryl/α,β-unsaturated/α-hetero) is 2. The molecule has 1 fully saturated rings. The molecule has 0 aliphatic heterocycles. The minimum absolute atomic E-state index is 0.0272. The third-order valence-electron chi connectivity index (χ3n) is 4.40. The monoisotopic (exact) mass is 351 g/mol. The minimum Gasteiger partial charge on any atom is -0.486 e. The summed E-state index contributed by atoms with van der Waals surface area (Å²) < 4.78 is 6.94. The average Bonchev–Trinajstić information content (AvgIpc) is 3.04. The number of rotatable bonds is 4. The van der Waals surface area contributed by atoms with Crippen LogP contribution in [-0.4, -0.2) is 16.6 Å². The van der Waals surface area contributed by atoms with Crippen LogP contribution < -0.4 is 4.74 Å². The summed E-state index contributed by atoms with van der Waals surface area (Å²) in [4.78, 5) is 28.6. The molecule has 2 aromatic carbocycles. The number of hydrogen-bond acceptors (Lipinski definition) is 5. The van der Waals surface area contributed by atoms with Crippen LogP contribution in [0.15, 0.2) is 48.5 Å². The first-order valence-electron chi connectivity index (χ1n) is 8.33. The molecule has 1 aliphatic carbocycles. The Morgan fingerprint density at radius 2 is 1.72 bits per heavy atom. The highest BCUT2D eigenvalue weighted by molar-refractivity contribution is 7.18. The predicted molar refractivity (Wildman–Crippen MR) is 97.0 cm³/mol. The molecule has 3 aromatic rings. The van der Waals surface area contributed by atoms with Crippen molar-refractivity contribution < 1.29 is 14.3 Å². The molecular formula is C20H17NO3S. The van der Waals surface area contributed by atoms with Crippen molar-refractivity contribution in [3.63, 3.8) is 0 Å². The highest BCUT2D eigenvalue weighted by Crippen LogP contribution is 2.29. The van der Waals surface area contributed by atoms with Crippen molar-refractivity contribution in [1.29, 1.82) is 0 Å². The molecule has 0 amide bonds. The molecule has 1 aliphatic rings. The van der Waals surface area contributed by atoms with Gasteiger partial charge in [0.1, 0.15) is 34.8 Å². The second kappa shape index (κ2) is 6.76. The van der Waals surface area contributed by atoms with E-state index in [0.29, 0.717) is 31.6 Å². The highest BCUT2D eigenvalue weighted by atomic mass is 32.1. The van der Waals surface area contributed by atoms with Crippen molar-refractivity contribution in [2.45, 2.75) is 31.8 Å². The van der Waals surface area contributed by atoms with Gasteiger partial charge < -0.3 is 4.74 Å². The van der Waals surface area contributed by atoms with E-state index in [-0.39, 0.29) is 11.6 Å². The molecule has 5 heteroatoms. The van der Waals surface area contributed by atoms with E-state index < -0.39 is 5.92 Å². The van der Waals surface area contributed by atoms with Crippen molar-refractivity contribution in [1.82, 2.24) is 4.98 Å². The van der Waals surface area contributed by atoms with Gasteiger partial charge in [-0.2, -0.15) is 0 Å². The van der Waals surface area contributed by atoms with E-state index in [9.17, 15) is 9.59 Å². The van der Waals surface area contributed by atoms with Gasteiger partial charge in [-0.05, 0) is 36.2 Å². The molecule has 4 rings (SSSR count). The summed E-state index contributed by atoms with van der Waals surface area (Å²) in [6.45, 7) is 0.403. The molecule has 4 nitrogen and oxygen atoms in total.